The molecule has 0 saturated heterocycles. The quantitative estimate of drug-likeness (QED) is 0.726. The fraction of sp³-hybridized carbons (Fsp3) is 0.538. The molecule has 0 amide bonds. The van der Waals surface area contributed by atoms with Gasteiger partial charge in [-0.05, 0) is 40.9 Å². The van der Waals surface area contributed by atoms with E-state index in [2.05, 4.69) is 28.2 Å². The lowest BCUT2D eigenvalue weighted by Gasteiger charge is -2.15. The van der Waals surface area contributed by atoms with Crippen molar-refractivity contribution in [1.82, 2.24) is 5.32 Å². The number of aromatic hydroxyl groups is 1. The number of aliphatic hydroxyl groups is 1. The van der Waals surface area contributed by atoms with Gasteiger partial charge in [0.15, 0.2) is 0 Å². The molecule has 1 unspecified atom stereocenters. The van der Waals surface area contributed by atoms with Crippen molar-refractivity contribution in [1.29, 1.82) is 0 Å². The van der Waals surface area contributed by atoms with Crippen LogP contribution in [0, 0.1) is 5.92 Å². The maximum atomic E-state index is 9.80. The van der Waals surface area contributed by atoms with Crippen LogP contribution in [0.3, 0.4) is 0 Å². The Morgan fingerprint density at radius 1 is 1.41 bits per heavy atom. The lowest BCUT2D eigenvalue weighted by Crippen LogP contribution is -2.22. The lowest BCUT2D eigenvalue weighted by atomic mass is 10.0. The van der Waals surface area contributed by atoms with Crippen molar-refractivity contribution in [3.63, 3.8) is 0 Å². The molecule has 0 aromatic heterocycles. The molecule has 0 heterocycles. The van der Waals surface area contributed by atoms with Crippen molar-refractivity contribution in [2.45, 2.75) is 26.3 Å². The van der Waals surface area contributed by atoms with Crippen LogP contribution in [0.5, 0.6) is 5.75 Å². The average Bonchev–Trinajstić information content (AvgIpc) is 2.33. The molecule has 0 aliphatic heterocycles. The smallest absolute Gasteiger partial charge is 0.134 e. The zero-order valence-corrected chi connectivity index (χ0v) is 11.7. The van der Waals surface area contributed by atoms with Crippen molar-refractivity contribution in [2.75, 3.05) is 13.2 Å². The number of benzene rings is 1. The molecule has 1 aromatic rings. The minimum atomic E-state index is 0.238. The number of hydrogen-bond donors (Lipinski definition) is 3. The van der Waals surface area contributed by atoms with Crippen LogP contribution in [-0.4, -0.2) is 23.4 Å². The summed E-state index contributed by atoms with van der Waals surface area (Å²) < 4.78 is 0.721. The molecule has 0 spiro atoms. The highest BCUT2D eigenvalue weighted by molar-refractivity contribution is 9.10. The van der Waals surface area contributed by atoms with Gasteiger partial charge in [-0.15, -0.1) is 0 Å². The first-order valence-corrected chi connectivity index (χ1v) is 6.76. The molecular weight excluding hydrogens is 282 g/mol. The van der Waals surface area contributed by atoms with Crippen LogP contribution in [-0.2, 0) is 6.54 Å². The zero-order chi connectivity index (χ0) is 12.7. The number of aliphatic hydroxyl groups excluding tert-OH is 1. The molecule has 1 atom stereocenters. The van der Waals surface area contributed by atoms with E-state index in [0.29, 0.717) is 18.2 Å². The van der Waals surface area contributed by atoms with E-state index in [1.54, 1.807) is 0 Å². The Kier molecular flexibility index (Phi) is 6.55. The first kappa shape index (κ1) is 14.5. The standard InChI is InChI=1S/C13H20BrNO2/c1-2-10(6-7-16)8-15-9-11-4-3-5-12(14)13(11)17/h3-5,10,15-17H,2,6-9H2,1H3. The average molecular weight is 302 g/mol. The van der Waals surface area contributed by atoms with Crippen LogP contribution >= 0.6 is 15.9 Å². The van der Waals surface area contributed by atoms with E-state index < -0.39 is 0 Å². The molecule has 3 N–H and O–H groups in total. The van der Waals surface area contributed by atoms with Crippen LogP contribution in [0.15, 0.2) is 22.7 Å². The van der Waals surface area contributed by atoms with Crippen LogP contribution in [0.4, 0.5) is 0 Å². The number of halogens is 1. The van der Waals surface area contributed by atoms with Gasteiger partial charge in [0.2, 0.25) is 0 Å². The SMILES string of the molecule is CCC(CCO)CNCc1cccc(Br)c1O. The van der Waals surface area contributed by atoms with Crippen molar-refractivity contribution in [3.05, 3.63) is 28.2 Å². The maximum absolute atomic E-state index is 9.80. The third-order valence-electron chi connectivity index (χ3n) is 2.93. The highest BCUT2D eigenvalue weighted by atomic mass is 79.9. The molecule has 0 bridgehead atoms. The fourth-order valence-electron chi connectivity index (χ4n) is 1.75. The first-order chi connectivity index (χ1) is 8.19. The van der Waals surface area contributed by atoms with Crippen LogP contribution in [0.25, 0.3) is 0 Å². The lowest BCUT2D eigenvalue weighted by molar-refractivity contribution is 0.251. The molecule has 96 valence electrons. The molecule has 1 aromatic carbocycles. The Bertz CT molecular complexity index is 344. The minimum Gasteiger partial charge on any atom is -0.506 e. The predicted octanol–water partition coefficient (Wildman–Crippen LogP) is 2.65. The summed E-state index contributed by atoms with van der Waals surface area (Å²) in [5.74, 6) is 0.796. The number of nitrogens with one attached hydrogen (secondary N) is 1. The second-order valence-electron chi connectivity index (χ2n) is 4.17. The van der Waals surface area contributed by atoms with Crippen molar-refractivity contribution < 1.29 is 10.2 Å². The zero-order valence-electron chi connectivity index (χ0n) is 10.1. The summed E-state index contributed by atoms with van der Waals surface area (Å²) in [4.78, 5) is 0. The molecule has 0 saturated carbocycles. The van der Waals surface area contributed by atoms with Gasteiger partial charge in [-0.3, -0.25) is 0 Å². The van der Waals surface area contributed by atoms with Crippen LogP contribution in [0.2, 0.25) is 0 Å². The fourth-order valence-corrected chi connectivity index (χ4v) is 2.15. The third-order valence-corrected chi connectivity index (χ3v) is 3.57. The van der Waals surface area contributed by atoms with Gasteiger partial charge in [0.05, 0.1) is 4.47 Å². The van der Waals surface area contributed by atoms with E-state index in [0.717, 1.165) is 29.4 Å². The Morgan fingerprint density at radius 3 is 2.82 bits per heavy atom. The number of phenols is 1. The summed E-state index contributed by atoms with van der Waals surface area (Å²) in [5, 5.41) is 22.0. The van der Waals surface area contributed by atoms with Gasteiger partial charge in [-0.25, -0.2) is 0 Å². The molecule has 1 rings (SSSR count). The molecule has 0 radical (unpaired) electrons. The van der Waals surface area contributed by atoms with E-state index in [1.807, 2.05) is 18.2 Å². The molecule has 4 heteroatoms. The number of phenolic OH excluding ortho intramolecular Hbond substituents is 1. The highest BCUT2D eigenvalue weighted by Crippen LogP contribution is 2.27. The second-order valence-corrected chi connectivity index (χ2v) is 5.02. The number of rotatable bonds is 7. The van der Waals surface area contributed by atoms with Crippen LogP contribution < -0.4 is 5.32 Å². The second kappa shape index (κ2) is 7.69. The monoisotopic (exact) mass is 301 g/mol. The van der Waals surface area contributed by atoms with Gasteiger partial charge in [-0.1, -0.05) is 25.5 Å². The first-order valence-electron chi connectivity index (χ1n) is 5.97. The van der Waals surface area contributed by atoms with Crippen molar-refractivity contribution >= 4 is 15.9 Å². The van der Waals surface area contributed by atoms with Gasteiger partial charge >= 0.3 is 0 Å². The Labute approximate surface area is 111 Å². The van der Waals surface area contributed by atoms with E-state index in [1.165, 1.54) is 0 Å². The normalized spacial score (nSPS) is 12.6. The highest BCUT2D eigenvalue weighted by Gasteiger charge is 2.07. The minimum absolute atomic E-state index is 0.238. The van der Waals surface area contributed by atoms with E-state index in [-0.39, 0.29) is 6.61 Å². The van der Waals surface area contributed by atoms with Gasteiger partial charge in [0.1, 0.15) is 5.75 Å². The largest absolute Gasteiger partial charge is 0.506 e. The van der Waals surface area contributed by atoms with Crippen LogP contribution in [0.1, 0.15) is 25.3 Å². The van der Waals surface area contributed by atoms with Crippen molar-refractivity contribution in [2.24, 2.45) is 5.92 Å². The summed E-state index contributed by atoms with van der Waals surface area (Å²) in [6, 6.07) is 5.63. The molecule has 3 nitrogen and oxygen atoms in total. The molecule has 0 fully saturated rings. The molecule has 0 aliphatic rings. The Balaban J connectivity index is 2.42. The van der Waals surface area contributed by atoms with E-state index in [4.69, 9.17) is 5.11 Å². The number of hydrogen-bond acceptors (Lipinski definition) is 3. The summed E-state index contributed by atoms with van der Waals surface area (Å²) in [7, 11) is 0. The van der Waals surface area contributed by atoms with Gasteiger partial charge in [-0.2, -0.15) is 0 Å². The molecular formula is C13H20BrNO2. The van der Waals surface area contributed by atoms with Crippen molar-refractivity contribution in [3.8, 4) is 5.75 Å². The van der Waals surface area contributed by atoms with E-state index >= 15 is 0 Å². The summed E-state index contributed by atoms with van der Waals surface area (Å²) in [6.45, 7) is 3.87. The Hall–Kier alpha value is -0.580. The van der Waals surface area contributed by atoms with E-state index in [9.17, 15) is 5.11 Å². The molecule has 17 heavy (non-hydrogen) atoms. The predicted molar refractivity (Wildman–Crippen MR) is 73.0 cm³/mol. The van der Waals surface area contributed by atoms with Gasteiger partial charge in [0.25, 0.3) is 0 Å². The Morgan fingerprint density at radius 2 is 2.18 bits per heavy atom. The summed E-state index contributed by atoms with van der Waals surface area (Å²) >= 11 is 3.29. The molecule has 0 aliphatic carbocycles. The van der Waals surface area contributed by atoms with Gasteiger partial charge in [0, 0.05) is 18.7 Å². The third kappa shape index (κ3) is 4.66. The number of para-hydroxylation sites is 1. The summed E-state index contributed by atoms with van der Waals surface area (Å²) in [5.41, 5.74) is 0.887. The van der Waals surface area contributed by atoms with Gasteiger partial charge < -0.3 is 15.5 Å². The maximum Gasteiger partial charge on any atom is 0.134 e. The summed E-state index contributed by atoms with van der Waals surface area (Å²) in [6.07, 6.45) is 1.88. The topological polar surface area (TPSA) is 52.5 Å².